The van der Waals surface area contributed by atoms with Crippen LogP contribution in [0, 0.1) is 12.8 Å². The largest absolute Gasteiger partial charge is 0.375 e. The van der Waals surface area contributed by atoms with Crippen LogP contribution in [0.4, 0.5) is 0 Å². The number of hydrogen-bond acceptors (Lipinski definition) is 3. The first-order valence-electron chi connectivity index (χ1n) is 6.59. The molecule has 3 heteroatoms. The van der Waals surface area contributed by atoms with E-state index < -0.39 is 0 Å². The fourth-order valence-electron chi connectivity index (χ4n) is 2.96. The Morgan fingerprint density at radius 1 is 1.41 bits per heavy atom. The van der Waals surface area contributed by atoms with Crippen molar-refractivity contribution in [3.8, 4) is 0 Å². The molecule has 0 amide bonds. The predicted octanol–water partition coefficient (Wildman–Crippen LogP) is 2.05. The second kappa shape index (κ2) is 4.75. The molecule has 2 saturated heterocycles. The Kier molecular flexibility index (Phi) is 3.12. The van der Waals surface area contributed by atoms with Crippen molar-refractivity contribution in [1.29, 1.82) is 0 Å². The molecule has 0 spiro atoms. The molecule has 3 atom stereocenters. The Bertz CT molecular complexity index is 376. The van der Waals surface area contributed by atoms with Gasteiger partial charge < -0.3 is 10.1 Å². The first-order chi connectivity index (χ1) is 8.31. The summed E-state index contributed by atoms with van der Waals surface area (Å²) in [6, 6.07) is 4.21. The molecule has 0 saturated carbocycles. The van der Waals surface area contributed by atoms with Crippen molar-refractivity contribution in [1.82, 2.24) is 10.3 Å². The van der Waals surface area contributed by atoms with Crippen LogP contribution in [0.15, 0.2) is 18.3 Å². The first kappa shape index (κ1) is 11.2. The summed E-state index contributed by atoms with van der Waals surface area (Å²) in [5.74, 6) is 0.729. The Hall–Kier alpha value is -0.930. The van der Waals surface area contributed by atoms with Gasteiger partial charge in [-0.15, -0.1) is 0 Å². The molecular weight excluding hydrogens is 212 g/mol. The number of nitrogens with one attached hydrogen (secondary N) is 1. The van der Waals surface area contributed by atoms with Crippen molar-refractivity contribution < 1.29 is 4.74 Å². The number of aromatic nitrogens is 1. The van der Waals surface area contributed by atoms with Gasteiger partial charge in [0.15, 0.2) is 0 Å². The smallest absolute Gasteiger partial charge is 0.0621 e. The summed E-state index contributed by atoms with van der Waals surface area (Å²) in [4.78, 5) is 4.30. The predicted molar refractivity (Wildman–Crippen MR) is 66.7 cm³/mol. The van der Waals surface area contributed by atoms with Crippen LogP contribution in [0.2, 0.25) is 0 Å². The third-order valence-corrected chi connectivity index (χ3v) is 3.94. The van der Waals surface area contributed by atoms with E-state index in [1.165, 1.54) is 24.8 Å². The van der Waals surface area contributed by atoms with E-state index in [2.05, 4.69) is 22.4 Å². The molecule has 2 bridgehead atoms. The highest BCUT2D eigenvalue weighted by atomic mass is 16.5. The maximum absolute atomic E-state index is 5.85. The van der Waals surface area contributed by atoms with Crippen LogP contribution >= 0.6 is 0 Å². The first-order valence-corrected chi connectivity index (χ1v) is 6.59. The highest BCUT2D eigenvalue weighted by molar-refractivity contribution is 5.12. The van der Waals surface area contributed by atoms with Crippen LogP contribution in [0.25, 0.3) is 0 Å². The summed E-state index contributed by atoms with van der Waals surface area (Å²) in [6.07, 6.45) is 6.85. The van der Waals surface area contributed by atoms with Gasteiger partial charge >= 0.3 is 0 Å². The molecular formula is C14H20N2O. The molecule has 2 aliphatic rings. The summed E-state index contributed by atoms with van der Waals surface area (Å²) < 4.78 is 5.85. The number of hydrogen-bond donors (Lipinski definition) is 1. The minimum atomic E-state index is 0.531. The molecule has 0 radical (unpaired) electrons. The lowest BCUT2D eigenvalue weighted by Crippen LogP contribution is -2.29. The molecule has 0 aromatic carbocycles. The molecule has 1 aromatic heterocycles. The Morgan fingerprint density at radius 2 is 2.35 bits per heavy atom. The summed E-state index contributed by atoms with van der Waals surface area (Å²) in [7, 11) is 0. The Balaban J connectivity index is 1.45. The van der Waals surface area contributed by atoms with E-state index in [0.29, 0.717) is 12.2 Å². The lowest BCUT2D eigenvalue weighted by molar-refractivity contribution is 0.0924. The molecule has 92 valence electrons. The summed E-state index contributed by atoms with van der Waals surface area (Å²) in [5.41, 5.74) is 2.34. The number of ether oxygens (including phenoxy) is 1. The molecule has 1 N–H and O–H groups in total. The number of aryl methyl sites for hydroxylation is 1. The fraction of sp³-hybridized carbons (Fsp3) is 0.643. The van der Waals surface area contributed by atoms with Gasteiger partial charge in [0, 0.05) is 30.9 Å². The Morgan fingerprint density at radius 3 is 3.00 bits per heavy atom. The van der Waals surface area contributed by atoms with Crippen LogP contribution in [0.1, 0.15) is 30.5 Å². The van der Waals surface area contributed by atoms with Gasteiger partial charge in [-0.25, -0.2) is 0 Å². The number of nitrogens with zero attached hydrogens (tertiary/aromatic N) is 1. The standard InChI is InChI=1S/C14H20N2O/c1-10-2-3-11(8-16-10)7-15-9-12-6-13-4-5-14(12)17-13/h2-3,8,12-15H,4-7,9H2,1H3. The lowest BCUT2D eigenvalue weighted by Gasteiger charge is -2.18. The van der Waals surface area contributed by atoms with Gasteiger partial charge in [0.2, 0.25) is 0 Å². The molecule has 3 rings (SSSR count). The van der Waals surface area contributed by atoms with Crippen LogP contribution in [0.3, 0.4) is 0 Å². The third-order valence-electron chi connectivity index (χ3n) is 3.94. The van der Waals surface area contributed by atoms with E-state index in [4.69, 9.17) is 4.74 Å². The van der Waals surface area contributed by atoms with Gasteiger partial charge in [-0.1, -0.05) is 6.07 Å². The van der Waals surface area contributed by atoms with Crippen LogP contribution in [0.5, 0.6) is 0 Å². The minimum Gasteiger partial charge on any atom is -0.375 e. The van der Waals surface area contributed by atoms with Gasteiger partial charge in [0.05, 0.1) is 12.2 Å². The molecule has 0 aliphatic carbocycles. The van der Waals surface area contributed by atoms with Crippen molar-refractivity contribution in [2.75, 3.05) is 6.54 Å². The van der Waals surface area contributed by atoms with Gasteiger partial charge in [-0.05, 0) is 37.8 Å². The summed E-state index contributed by atoms with van der Waals surface area (Å²) in [6.45, 7) is 4.01. The normalized spacial score (nSPS) is 31.0. The second-order valence-corrected chi connectivity index (χ2v) is 5.31. The topological polar surface area (TPSA) is 34.1 Å². The van der Waals surface area contributed by atoms with Crippen LogP contribution in [-0.2, 0) is 11.3 Å². The zero-order chi connectivity index (χ0) is 11.7. The number of rotatable bonds is 4. The minimum absolute atomic E-state index is 0.531. The lowest BCUT2D eigenvalue weighted by atomic mass is 9.89. The van der Waals surface area contributed by atoms with E-state index in [1.807, 2.05) is 13.1 Å². The van der Waals surface area contributed by atoms with Crippen molar-refractivity contribution >= 4 is 0 Å². The van der Waals surface area contributed by atoms with Crippen molar-refractivity contribution in [2.45, 2.75) is 44.9 Å². The molecule has 3 unspecified atom stereocenters. The third kappa shape index (κ3) is 2.50. The van der Waals surface area contributed by atoms with E-state index in [0.717, 1.165) is 24.7 Å². The summed E-state index contributed by atoms with van der Waals surface area (Å²) >= 11 is 0. The summed E-state index contributed by atoms with van der Waals surface area (Å²) in [5, 5.41) is 3.53. The second-order valence-electron chi connectivity index (χ2n) is 5.31. The molecule has 2 fully saturated rings. The monoisotopic (exact) mass is 232 g/mol. The van der Waals surface area contributed by atoms with Gasteiger partial charge in [0.25, 0.3) is 0 Å². The number of pyridine rings is 1. The van der Waals surface area contributed by atoms with E-state index in [-0.39, 0.29) is 0 Å². The van der Waals surface area contributed by atoms with Crippen LogP contribution in [-0.4, -0.2) is 23.7 Å². The molecule has 17 heavy (non-hydrogen) atoms. The SMILES string of the molecule is Cc1ccc(CNCC2CC3CCC2O3)cn1. The highest BCUT2D eigenvalue weighted by Crippen LogP contribution is 2.38. The average molecular weight is 232 g/mol. The quantitative estimate of drug-likeness (QED) is 0.862. The van der Waals surface area contributed by atoms with Crippen molar-refractivity contribution in [3.05, 3.63) is 29.6 Å². The Labute approximate surface area is 103 Å². The maximum atomic E-state index is 5.85. The van der Waals surface area contributed by atoms with Crippen LogP contribution < -0.4 is 5.32 Å². The zero-order valence-electron chi connectivity index (χ0n) is 10.4. The van der Waals surface area contributed by atoms with Crippen molar-refractivity contribution in [2.24, 2.45) is 5.92 Å². The maximum Gasteiger partial charge on any atom is 0.0621 e. The van der Waals surface area contributed by atoms with E-state index in [9.17, 15) is 0 Å². The molecule has 1 aromatic rings. The molecule has 3 nitrogen and oxygen atoms in total. The molecule has 2 aliphatic heterocycles. The molecule has 3 heterocycles. The van der Waals surface area contributed by atoms with Gasteiger partial charge in [-0.3, -0.25) is 4.98 Å². The van der Waals surface area contributed by atoms with E-state index in [1.54, 1.807) is 0 Å². The van der Waals surface area contributed by atoms with Gasteiger partial charge in [0.1, 0.15) is 0 Å². The highest BCUT2D eigenvalue weighted by Gasteiger charge is 2.40. The van der Waals surface area contributed by atoms with E-state index >= 15 is 0 Å². The zero-order valence-corrected chi connectivity index (χ0v) is 10.4. The van der Waals surface area contributed by atoms with Gasteiger partial charge in [-0.2, -0.15) is 0 Å². The number of fused-ring (bicyclic) bond motifs is 2. The fourth-order valence-corrected chi connectivity index (χ4v) is 2.96. The average Bonchev–Trinajstić information content (AvgIpc) is 2.94. The van der Waals surface area contributed by atoms with Crippen molar-refractivity contribution in [3.63, 3.8) is 0 Å².